The molecule has 1 unspecified atom stereocenters. The molecule has 1 aromatic rings. The molecule has 2 N–H and O–H groups in total. The molecular formula is C9H11Cl2N3O. The summed E-state index contributed by atoms with van der Waals surface area (Å²) >= 11 is 11.9. The number of aromatic nitrogens is 2. The average molecular weight is 248 g/mol. The lowest BCUT2D eigenvalue weighted by Crippen LogP contribution is -2.19. The van der Waals surface area contributed by atoms with Gasteiger partial charge in [0, 0.05) is 6.54 Å². The zero-order chi connectivity index (χ0) is 10.8. The molecule has 1 saturated carbocycles. The van der Waals surface area contributed by atoms with Crippen LogP contribution in [0.4, 0.5) is 5.82 Å². The number of anilines is 1. The summed E-state index contributed by atoms with van der Waals surface area (Å²) < 4.78 is 0. The summed E-state index contributed by atoms with van der Waals surface area (Å²) in [4.78, 5) is 17.5. The molecule has 1 aliphatic carbocycles. The van der Waals surface area contributed by atoms with Crippen molar-refractivity contribution in [3.8, 4) is 0 Å². The second-order valence-corrected chi connectivity index (χ2v) is 4.57. The first kappa shape index (κ1) is 10.8. The van der Waals surface area contributed by atoms with E-state index in [0.29, 0.717) is 18.3 Å². The molecule has 82 valence electrons. The zero-order valence-electron chi connectivity index (χ0n) is 7.96. The smallest absolute Gasteiger partial charge is 0.271 e. The molecule has 0 bridgehead atoms. The van der Waals surface area contributed by atoms with E-state index >= 15 is 0 Å². The van der Waals surface area contributed by atoms with Crippen LogP contribution in [0.2, 0.25) is 5.02 Å². The molecule has 1 fully saturated rings. The van der Waals surface area contributed by atoms with Crippen LogP contribution in [0.1, 0.15) is 12.8 Å². The Morgan fingerprint density at radius 1 is 1.67 bits per heavy atom. The van der Waals surface area contributed by atoms with Gasteiger partial charge in [-0.3, -0.25) is 4.79 Å². The highest BCUT2D eigenvalue weighted by atomic mass is 35.5. The maximum Gasteiger partial charge on any atom is 0.271 e. The van der Waals surface area contributed by atoms with Gasteiger partial charge in [0.05, 0.1) is 11.7 Å². The van der Waals surface area contributed by atoms with E-state index in [2.05, 4.69) is 15.3 Å². The van der Waals surface area contributed by atoms with Gasteiger partial charge in [-0.25, -0.2) is 4.98 Å². The SMILES string of the molecule is O=c1[nH]cnc(NCC(Cl)C2CC2)c1Cl. The number of nitrogens with one attached hydrogen (secondary N) is 2. The maximum atomic E-state index is 11.1. The summed E-state index contributed by atoms with van der Waals surface area (Å²) in [6.07, 6.45) is 3.69. The number of alkyl halides is 1. The Kier molecular flexibility index (Phi) is 3.17. The molecule has 0 aliphatic heterocycles. The Morgan fingerprint density at radius 2 is 2.40 bits per heavy atom. The van der Waals surface area contributed by atoms with Crippen LogP contribution in [-0.4, -0.2) is 21.9 Å². The molecular weight excluding hydrogens is 237 g/mol. The molecule has 1 heterocycles. The van der Waals surface area contributed by atoms with E-state index in [4.69, 9.17) is 23.2 Å². The van der Waals surface area contributed by atoms with E-state index in [-0.39, 0.29) is 16.0 Å². The predicted octanol–water partition coefficient (Wildman–Crippen LogP) is 1.85. The highest BCUT2D eigenvalue weighted by Gasteiger charge is 2.29. The van der Waals surface area contributed by atoms with Gasteiger partial charge in [0.2, 0.25) is 0 Å². The van der Waals surface area contributed by atoms with Crippen molar-refractivity contribution in [2.45, 2.75) is 18.2 Å². The summed E-state index contributed by atoms with van der Waals surface area (Å²) in [5, 5.41) is 3.15. The lowest BCUT2D eigenvalue weighted by atomic mass is 10.3. The van der Waals surface area contributed by atoms with Gasteiger partial charge in [-0.1, -0.05) is 11.6 Å². The Hall–Kier alpha value is -0.740. The van der Waals surface area contributed by atoms with Crippen LogP contribution in [0.5, 0.6) is 0 Å². The molecule has 0 saturated heterocycles. The predicted molar refractivity (Wildman–Crippen MR) is 60.7 cm³/mol. The molecule has 0 radical (unpaired) electrons. The van der Waals surface area contributed by atoms with Gasteiger partial charge in [-0.05, 0) is 18.8 Å². The first-order valence-electron chi connectivity index (χ1n) is 4.79. The van der Waals surface area contributed by atoms with Gasteiger partial charge in [0.25, 0.3) is 5.56 Å². The summed E-state index contributed by atoms with van der Waals surface area (Å²) in [7, 11) is 0. The Morgan fingerprint density at radius 3 is 3.07 bits per heavy atom. The van der Waals surface area contributed by atoms with Crippen LogP contribution >= 0.6 is 23.2 Å². The standard InChI is InChI=1S/C9H11Cl2N3O/c10-6(5-1-2-5)3-12-8-7(11)9(15)14-4-13-8/h4-6H,1-3H2,(H2,12,13,14,15). The molecule has 2 rings (SSSR count). The van der Waals surface area contributed by atoms with E-state index in [1.807, 2.05) is 0 Å². The van der Waals surface area contributed by atoms with Gasteiger partial charge in [0.15, 0.2) is 5.82 Å². The topological polar surface area (TPSA) is 57.8 Å². The summed E-state index contributed by atoms with van der Waals surface area (Å²) in [6.45, 7) is 0.586. The second-order valence-electron chi connectivity index (χ2n) is 3.63. The zero-order valence-corrected chi connectivity index (χ0v) is 9.48. The highest BCUT2D eigenvalue weighted by Crippen LogP contribution is 2.35. The molecule has 4 nitrogen and oxygen atoms in total. The molecule has 0 aromatic carbocycles. The van der Waals surface area contributed by atoms with Crippen molar-refractivity contribution in [3.05, 3.63) is 21.7 Å². The van der Waals surface area contributed by atoms with Gasteiger partial charge in [-0.2, -0.15) is 0 Å². The lowest BCUT2D eigenvalue weighted by molar-refractivity contribution is 0.768. The van der Waals surface area contributed by atoms with Crippen LogP contribution in [-0.2, 0) is 0 Å². The average Bonchev–Trinajstić information content (AvgIpc) is 3.03. The Labute approximate surface area is 97.0 Å². The number of nitrogens with zero attached hydrogens (tertiary/aromatic N) is 1. The summed E-state index contributed by atoms with van der Waals surface area (Å²) in [6, 6.07) is 0. The van der Waals surface area contributed by atoms with Crippen LogP contribution in [0, 0.1) is 5.92 Å². The lowest BCUT2D eigenvalue weighted by Gasteiger charge is -2.10. The molecule has 1 aromatic heterocycles. The van der Waals surface area contributed by atoms with Gasteiger partial charge in [-0.15, -0.1) is 11.6 Å². The van der Waals surface area contributed by atoms with Crippen LogP contribution < -0.4 is 10.9 Å². The van der Waals surface area contributed by atoms with E-state index < -0.39 is 0 Å². The third-order valence-corrected chi connectivity index (χ3v) is 3.26. The first-order valence-corrected chi connectivity index (χ1v) is 5.61. The summed E-state index contributed by atoms with van der Waals surface area (Å²) in [5.74, 6) is 0.992. The van der Waals surface area contributed by atoms with Gasteiger partial charge >= 0.3 is 0 Å². The third kappa shape index (κ3) is 2.63. The summed E-state index contributed by atoms with van der Waals surface area (Å²) in [5.41, 5.74) is -0.341. The number of aromatic amines is 1. The largest absolute Gasteiger partial charge is 0.367 e. The quantitative estimate of drug-likeness (QED) is 0.799. The number of hydrogen-bond donors (Lipinski definition) is 2. The normalized spacial score (nSPS) is 17.5. The molecule has 1 aliphatic rings. The van der Waals surface area contributed by atoms with Crippen molar-refractivity contribution in [1.29, 1.82) is 0 Å². The van der Waals surface area contributed by atoms with E-state index in [1.165, 1.54) is 19.2 Å². The van der Waals surface area contributed by atoms with E-state index in [1.54, 1.807) is 0 Å². The van der Waals surface area contributed by atoms with Crippen LogP contribution in [0.15, 0.2) is 11.1 Å². The minimum atomic E-state index is -0.341. The fraction of sp³-hybridized carbons (Fsp3) is 0.556. The number of H-pyrrole nitrogens is 1. The molecule has 0 spiro atoms. The minimum absolute atomic E-state index is 0.0807. The molecule has 6 heteroatoms. The number of rotatable bonds is 4. The molecule has 0 amide bonds. The number of halogens is 2. The van der Waals surface area contributed by atoms with Crippen LogP contribution in [0.3, 0.4) is 0 Å². The Balaban J connectivity index is 1.98. The van der Waals surface area contributed by atoms with E-state index in [9.17, 15) is 4.79 Å². The second kappa shape index (κ2) is 4.41. The van der Waals surface area contributed by atoms with Crippen molar-refractivity contribution in [1.82, 2.24) is 9.97 Å². The van der Waals surface area contributed by atoms with Crippen molar-refractivity contribution in [2.24, 2.45) is 5.92 Å². The van der Waals surface area contributed by atoms with Crippen molar-refractivity contribution >= 4 is 29.0 Å². The van der Waals surface area contributed by atoms with Crippen molar-refractivity contribution in [3.63, 3.8) is 0 Å². The van der Waals surface area contributed by atoms with E-state index in [0.717, 1.165) is 0 Å². The third-order valence-electron chi connectivity index (χ3n) is 2.39. The fourth-order valence-electron chi connectivity index (χ4n) is 1.33. The van der Waals surface area contributed by atoms with Crippen LogP contribution in [0.25, 0.3) is 0 Å². The first-order chi connectivity index (χ1) is 7.18. The monoisotopic (exact) mass is 247 g/mol. The number of hydrogen-bond acceptors (Lipinski definition) is 3. The van der Waals surface area contributed by atoms with Crippen molar-refractivity contribution in [2.75, 3.05) is 11.9 Å². The Bertz CT molecular complexity index is 403. The minimum Gasteiger partial charge on any atom is -0.367 e. The highest BCUT2D eigenvalue weighted by molar-refractivity contribution is 6.32. The fourth-order valence-corrected chi connectivity index (χ4v) is 1.82. The van der Waals surface area contributed by atoms with Gasteiger partial charge < -0.3 is 10.3 Å². The van der Waals surface area contributed by atoms with Crippen molar-refractivity contribution < 1.29 is 0 Å². The maximum absolute atomic E-state index is 11.1. The molecule has 15 heavy (non-hydrogen) atoms. The molecule has 1 atom stereocenters. The van der Waals surface area contributed by atoms with Gasteiger partial charge in [0.1, 0.15) is 5.02 Å².